The van der Waals surface area contributed by atoms with Crippen molar-refractivity contribution < 1.29 is 9.59 Å². The summed E-state index contributed by atoms with van der Waals surface area (Å²) in [5.74, 6) is -0.738. The Morgan fingerprint density at radius 3 is 2.33 bits per heavy atom. The molecule has 3 rings (SSSR count). The Morgan fingerprint density at radius 2 is 1.58 bits per heavy atom. The molecule has 0 spiro atoms. The minimum absolute atomic E-state index is 0.241. The fourth-order valence-electron chi connectivity index (χ4n) is 2.46. The van der Waals surface area contributed by atoms with Crippen molar-refractivity contribution in [1.82, 2.24) is 0 Å². The van der Waals surface area contributed by atoms with Gasteiger partial charge < -0.3 is 11.1 Å². The number of anilines is 1. The number of nitrogens with two attached hydrogens (primary N) is 1. The van der Waals surface area contributed by atoms with Gasteiger partial charge in [-0.2, -0.15) is 0 Å². The molecule has 24 heavy (non-hydrogen) atoms. The van der Waals surface area contributed by atoms with Gasteiger partial charge in [0.05, 0.1) is 0 Å². The molecule has 0 unspecified atom stereocenters. The molecular weight excluding hydrogens is 300 g/mol. The molecule has 0 radical (unpaired) electrons. The van der Waals surface area contributed by atoms with Crippen LogP contribution >= 0.6 is 0 Å². The lowest BCUT2D eigenvalue weighted by atomic mass is 10.0. The second kappa shape index (κ2) is 6.79. The molecule has 0 fully saturated rings. The second-order valence-corrected chi connectivity index (χ2v) is 5.33. The van der Waals surface area contributed by atoms with Crippen LogP contribution < -0.4 is 11.1 Å². The number of primary amides is 1. The minimum Gasteiger partial charge on any atom is -0.366 e. The van der Waals surface area contributed by atoms with Gasteiger partial charge in [0, 0.05) is 17.3 Å². The van der Waals surface area contributed by atoms with E-state index in [9.17, 15) is 9.59 Å². The van der Waals surface area contributed by atoms with Crippen LogP contribution in [0.3, 0.4) is 0 Å². The van der Waals surface area contributed by atoms with Gasteiger partial charge in [0.15, 0.2) is 0 Å². The molecule has 3 aromatic rings. The number of hydrogen-bond acceptors (Lipinski definition) is 2. The van der Waals surface area contributed by atoms with Gasteiger partial charge in [-0.05, 0) is 46.7 Å². The van der Waals surface area contributed by atoms with Gasteiger partial charge in [-0.3, -0.25) is 9.59 Å². The number of hydrogen-bond donors (Lipinski definition) is 2. The van der Waals surface area contributed by atoms with E-state index in [0.717, 1.165) is 16.3 Å². The Hall–Kier alpha value is -3.40. The molecule has 0 bridgehead atoms. The summed E-state index contributed by atoms with van der Waals surface area (Å²) < 4.78 is 0. The van der Waals surface area contributed by atoms with Crippen LogP contribution in [-0.4, -0.2) is 11.8 Å². The SMILES string of the molecule is NC(=O)c1ccc(NC(=O)/C=C\c2cccc3ccccc23)cc1. The van der Waals surface area contributed by atoms with Crippen LogP contribution in [0.5, 0.6) is 0 Å². The van der Waals surface area contributed by atoms with E-state index in [2.05, 4.69) is 5.32 Å². The van der Waals surface area contributed by atoms with Crippen LogP contribution in [0, 0.1) is 0 Å². The fourth-order valence-corrected chi connectivity index (χ4v) is 2.46. The third kappa shape index (κ3) is 3.50. The normalized spacial score (nSPS) is 10.8. The molecular formula is C20H16N2O2. The highest BCUT2D eigenvalue weighted by molar-refractivity contribution is 6.03. The van der Waals surface area contributed by atoms with E-state index in [-0.39, 0.29) is 5.91 Å². The highest BCUT2D eigenvalue weighted by Gasteiger charge is 2.02. The van der Waals surface area contributed by atoms with E-state index in [1.54, 1.807) is 30.3 Å². The molecule has 3 N–H and O–H groups in total. The van der Waals surface area contributed by atoms with Gasteiger partial charge in [-0.25, -0.2) is 0 Å². The highest BCUT2D eigenvalue weighted by Crippen LogP contribution is 2.19. The second-order valence-electron chi connectivity index (χ2n) is 5.33. The molecule has 4 nitrogen and oxygen atoms in total. The van der Waals surface area contributed by atoms with Crippen molar-refractivity contribution in [3.63, 3.8) is 0 Å². The molecule has 0 saturated carbocycles. The van der Waals surface area contributed by atoms with Gasteiger partial charge in [0.25, 0.3) is 0 Å². The third-order valence-electron chi connectivity index (χ3n) is 3.67. The lowest BCUT2D eigenvalue weighted by Crippen LogP contribution is -2.11. The first kappa shape index (κ1) is 15.5. The number of carbonyl (C=O) groups is 2. The van der Waals surface area contributed by atoms with Gasteiger partial charge in [-0.15, -0.1) is 0 Å². The van der Waals surface area contributed by atoms with Crippen LogP contribution in [0.1, 0.15) is 15.9 Å². The number of fused-ring (bicyclic) bond motifs is 1. The standard InChI is InChI=1S/C20H16N2O2/c21-20(24)16-8-11-17(12-9-16)22-19(23)13-10-15-6-3-5-14-4-1-2-7-18(14)15/h1-13H,(H2,21,24)(H,22,23)/b13-10-. The molecule has 0 saturated heterocycles. The average Bonchev–Trinajstić information content (AvgIpc) is 2.60. The van der Waals surface area contributed by atoms with Crippen molar-refractivity contribution in [2.75, 3.05) is 5.32 Å². The van der Waals surface area contributed by atoms with Crippen molar-refractivity contribution in [1.29, 1.82) is 0 Å². The quantitative estimate of drug-likeness (QED) is 0.722. The zero-order valence-electron chi connectivity index (χ0n) is 12.9. The largest absolute Gasteiger partial charge is 0.366 e. The van der Waals surface area contributed by atoms with E-state index in [0.29, 0.717) is 11.3 Å². The molecule has 118 valence electrons. The minimum atomic E-state index is -0.497. The molecule has 4 heteroatoms. The first-order valence-electron chi connectivity index (χ1n) is 7.50. The lowest BCUT2D eigenvalue weighted by Gasteiger charge is -2.04. The van der Waals surface area contributed by atoms with Crippen molar-refractivity contribution in [2.45, 2.75) is 0 Å². The Labute approximate surface area is 139 Å². The Bertz CT molecular complexity index is 923. The van der Waals surface area contributed by atoms with Crippen molar-refractivity contribution in [3.05, 3.63) is 83.9 Å². The van der Waals surface area contributed by atoms with E-state index in [1.807, 2.05) is 42.5 Å². The molecule has 0 aliphatic rings. The molecule has 0 heterocycles. The summed E-state index contributed by atoms with van der Waals surface area (Å²) in [6.45, 7) is 0. The first-order valence-corrected chi connectivity index (χ1v) is 7.50. The van der Waals surface area contributed by atoms with E-state index in [1.165, 1.54) is 6.08 Å². The summed E-state index contributed by atoms with van der Waals surface area (Å²) in [6, 6.07) is 20.4. The molecule has 0 aromatic heterocycles. The van der Waals surface area contributed by atoms with Gasteiger partial charge in [0.2, 0.25) is 11.8 Å². The van der Waals surface area contributed by atoms with Crippen LogP contribution in [0.2, 0.25) is 0 Å². The van der Waals surface area contributed by atoms with E-state index < -0.39 is 5.91 Å². The summed E-state index contributed by atoms with van der Waals surface area (Å²) in [4.78, 5) is 23.1. The van der Waals surface area contributed by atoms with Crippen molar-refractivity contribution in [3.8, 4) is 0 Å². The Balaban J connectivity index is 1.74. The molecule has 2 amide bonds. The molecule has 0 atom stereocenters. The topological polar surface area (TPSA) is 72.2 Å². The van der Waals surface area contributed by atoms with Crippen molar-refractivity contribution >= 4 is 34.4 Å². The van der Waals surface area contributed by atoms with Gasteiger partial charge >= 0.3 is 0 Å². The lowest BCUT2D eigenvalue weighted by molar-refractivity contribution is -0.111. The summed E-state index contributed by atoms with van der Waals surface area (Å²) in [5.41, 5.74) is 7.17. The number of rotatable bonds is 4. The summed E-state index contributed by atoms with van der Waals surface area (Å²) in [5, 5.41) is 4.97. The summed E-state index contributed by atoms with van der Waals surface area (Å²) >= 11 is 0. The first-order chi connectivity index (χ1) is 11.6. The number of benzene rings is 3. The molecule has 3 aromatic carbocycles. The fraction of sp³-hybridized carbons (Fsp3) is 0. The maximum atomic E-state index is 12.1. The smallest absolute Gasteiger partial charge is 0.248 e. The number of nitrogens with one attached hydrogen (secondary N) is 1. The Kier molecular flexibility index (Phi) is 4.38. The van der Waals surface area contributed by atoms with Crippen LogP contribution in [0.15, 0.2) is 72.8 Å². The predicted molar refractivity (Wildman–Crippen MR) is 96.6 cm³/mol. The number of carbonyl (C=O) groups excluding carboxylic acids is 2. The molecule has 0 aliphatic carbocycles. The third-order valence-corrected chi connectivity index (χ3v) is 3.67. The molecule has 0 aliphatic heterocycles. The van der Waals surface area contributed by atoms with Gasteiger partial charge in [-0.1, -0.05) is 42.5 Å². The predicted octanol–water partition coefficient (Wildman–Crippen LogP) is 3.59. The summed E-state index contributed by atoms with van der Waals surface area (Å²) in [6.07, 6.45) is 3.28. The summed E-state index contributed by atoms with van der Waals surface area (Å²) in [7, 11) is 0. The highest BCUT2D eigenvalue weighted by atomic mass is 16.1. The van der Waals surface area contributed by atoms with Crippen LogP contribution in [0.25, 0.3) is 16.8 Å². The van der Waals surface area contributed by atoms with Crippen LogP contribution in [-0.2, 0) is 4.79 Å². The number of amides is 2. The zero-order valence-corrected chi connectivity index (χ0v) is 12.9. The average molecular weight is 316 g/mol. The zero-order chi connectivity index (χ0) is 16.9. The van der Waals surface area contributed by atoms with Crippen LogP contribution in [0.4, 0.5) is 5.69 Å². The van der Waals surface area contributed by atoms with Gasteiger partial charge in [0.1, 0.15) is 0 Å². The maximum Gasteiger partial charge on any atom is 0.248 e. The van der Waals surface area contributed by atoms with E-state index >= 15 is 0 Å². The van der Waals surface area contributed by atoms with E-state index in [4.69, 9.17) is 5.73 Å². The monoisotopic (exact) mass is 316 g/mol. The van der Waals surface area contributed by atoms with Crippen molar-refractivity contribution in [2.24, 2.45) is 5.73 Å². The Morgan fingerprint density at radius 1 is 0.875 bits per heavy atom. The maximum absolute atomic E-state index is 12.1.